The minimum atomic E-state index is -0.611. The number of hydrogen-bond acceptors (Lipinski definition) is 2. The summed E-state index contributed by atoms with van der Waals surface area (Å²) in [6.07, 6.45) is 6.11. The number of benzene rings is 1. The van der Waals surface area contributed by atoms with Gasteiger partial charge in [0.2, 0.25) is 5.91 Å². The lowest BCUT2D eigenvalue weighted by Gasteiger charge is -2.43. The fraction of sp³-hybridized carbons (Fsp3) is 0.667. The standard InChI is InChI=1S/C21H29NO2/c1-14-3-4-17(11-19(14)16-5-6-16)15-7-9-22(10-8-15)20(23)18-12-21(2,24)13-18/h3-4,11,15-16,18,24H,5-10,12-13H2,1-2H3/t18-,21+. The molecule has 0 aromatic heterocycles. The summed E-state index contributed by atoms with van der Waals surface area (Å²) < 4.78 is 0. The van der Waals surface area contributed by atoms with Crippen LogP contribution in [0.2, 0.25) is 0 Å². The van der Waals surface area contributed by atoms with E-state index >= 15 is 0 Å². The molecule has 3 nitrogen and oxygen atoms in total. The highest BCUT2D eigenvalue weighted by molar-refractivity contribution is 5.80. The molecule has 1 aromatic carbocycles. The molecule has 0 bridgehead atoms. The Hall–Kier alpha value is -1.35. The van der Waals surface area contributed by atoms with Gasteiger partial charge in [-0.3, -0.25) is 4.79 Å². The molecule has 1 heterocycles. The van der Waals surface area contributed by atoms with Crippen molar-refractivity contribution in [1.29, 1.82) is 0 Å². The Bertz CT molecular complexity index is 631. The zero-order chi connectivity index (χ0) is 16.9. The van der Waals surface area contributed by atoms with E-state index in [9.17, 15) is 9.90 Å². The van der Waals surface area contributed by atoms with Gasteiger partial charge in [0, 0.05) is 19.0 Å². The van der Waals surface area contributed by atoms with Crippen LogP contribution in [0.1, 0.15) is 74.0 Å². The number of aliphatic hydroxyl groups is 1. The molecule has 0 radical (unpaired) electrons. The van der Waals surface area contributed by atoms with Crippen LogP contribution in [-0.4, -0.2) is 34.6 Å². The molecule has 24 heavy (non-hydrogen) atoms. The van der Waals surface area contributed by atoms with E-state index in [-0.39, 0.29) is 11.8 Å². The van der Waals surface area contributed by atoms with Crippen LogP contribution in [0.5, 0.6) is 0 Å². The van der Waals surface area contributed by atoms with Gasteiger partial charge in [0.25, 0.3) is 0 Å². The van der Waals surface area contributed by atoms with Crippen molar-refractivity contribution in [3.05, 3.63) is 34.9 Å². The maximum Gasteiger partial charge on any atom is 0.225 e. The molecule has 1 N–H and O–H groups in total. The van der Waals surface area contributed by atoms with Crippen LogP contribution >= 0.6 is 0 Å². The fourth-order valence-corrected chi connectivity index (χ4v) is 4.61. The van der Waals surface area contributed by atoms with Gasteiger partial charge in [-0.05, 0) is 80.9 Å². The molecule has 1 amide bonds. The van der Waals surface area contributed by atoms with Gasteiger partial charge in [-0.15, -0.1) is 0 Å². The molecule has 3 heteroatoms. The Morgan fingerprint density at radius 1 is 1.12 bits per heavy atom. The molecule has 3 aliphatic rings. The van der Waals surface area contributed by atoms with Crippen molar-refractivity contribution in [2.45, 2.75) is 69.8 Å². The van der Waals surface area contributed by atoms with Gasteiger partial charge in [-0.2, -0.15) is 0 Å². The number of rotatable bonds is 3. The van der Waals surface area contributed by atoms with Crippen LogP contribution in [0.3, 0.4) is 0 Å². The van der Waals surface area contributed by atoms with Crippen LogP contribution in [0.25, 0.3) is 0 Å². The number of carbonyl (C=O) groups excluding carboxylic acids is 1. The summed E-state index contributed by atoms with van der Waals surface area (Å²) in [4.78, 5) is 14.6. The summed E-state index contributed by atoms with van der Waals surface area (Å²) in [5.74, 6) is 1.72. The lowest BCUT2D eigenvalue weighted by atomic mass is 9.71. The van der Waals surface area contributed by atoms with E-state index in [1.807, 2.05) is 11.8 Å². The number of likely N-dealkylation sites (tertiary alicyclic amines) is 1. The smallest absolute Gasteiger partial charge is 0.225 e. The van der Waals surface area contributed by atoms with Crippen molar-refractivity contribution in [1.82, 2.24) is 4.90 Å². The third-order valence-electron chi connectivity index (χ3n) is 6.32. The highest BCUT2D eigenvalue weighted by atomic mass is 16.3. The molecule has 1 saturated heterocycles. The predicted octanol–water partition coefficient (Wildman–Crippen LogP) is 3.74. The second kappa shape index (κ2) is 5.87. The van der Waals surface area contributed by atoms with E-state index in [1.165, 1.54) is 24.0 Å². The monoisotopic (exact) mass is 327 g/mol. The third kappa shape index (κ3) is 3.11. The largest absolute Gasteiger partial charge is 0.390 e. The number of amides is 1. The minimum Gasteiger partial charge on any atom is -0.390 e. The number of piperidine rings is 1. The molecule has 1 aromatic rings. The quantitative estimate of drug-likeness (QED) is 0.919. The van der Waals surface area contributed by atoms with Crippen molar-refractivity contribution in [3.8, 4) is 0 Å². The van der Waals surface area contributed by atoms with Gasteiger partial charge in [0.1, 0.15) is 0 Å². The van der Waals surface area contributed by atoms with E-state index in [0.29, 0.717) is 18.8 Å². The van der Waals surface area contributed by atoms with Crippen LogP contribution in [0.15, 0.2) is 18.2 Å². The van der Waals surface area contributed by atoms with Gasteiger partial charge >= 0.3 is 0 Å². The van der Waals surface area contributed by atoms with Gasteiger partial charge < -0.3 is 10.0 Å². The van der Waals surface area contributed by atoms with Crippen LogP contribution in [0, 0.1) is 12.8 Å². The summed E-state index contributed by atoms with van der Waals surface area (Å²) in [7, 11) is 0. The maximum absolute atomic E-state index is 12.5. The van der Waals surface area contributed by atoms with Crippen molar-refractivity contribution < 1.29 is 9.90 Å². The van der Waals surface area contributed by atoms with Crippen molar-refractivity contribution in [2.24, 2.45) is 5.92 Å². The number of nitrogens with zero attached hydrogens (tertiary/aromatic N) is 1. The third-order valence-corrected chi connectivity index (χ3v) is 6.32. The summed E-state index contributed by atoms with van der Waals surface area (Å²) in [6.45, 7) is 5.80. The summed E-state index contributed by atoms with van der Waals surface area (Å²) in [6, 6.07) is 7.03. The zero-order valence-corrected chi connectivity index (χ0v) is 14.9. The first kappa shape index (κ1) is 16.1. The molecular weight excluding hydrogens is 298 g/mol. The Labute approximate surface area is 145 Å². The SMILES string of the molecule is Cc1ccc(C2CCN(C(=O)[C@H]3C[C@@](C)(O)C3)CC2)cc1C1CC1. The Balaban J connectivity index is 1.36. The van der Waals surface area contributed by atoms with E-state index in [1.54, 1.807) is 5.56 Å². The molecular formula is C21H29NO2. The van der Waals surface area contributed by atoms with Crippen molar-refractivity contribution in [2.75, 3.05) is 13.1 Å². The van der Waals surface area contributed by atoms with E-state index in [0.717, 1.165) is 31.8 Å². The van der Waals surface area contributed by atoms with Gasteiger partial charge in [-0.1, -0.05) is 18.2 Å². The van der Waals surface area contributed by atoms with Gasteiger partial charge in [0.05, 0.1) is 5.60 Å². The molecule has 0 atom stereocenters. The van der Waals surface area contributed by atoms with E-state index < -0.39 is 5.60 Å². The average molecular weight is 327 g/mol. The number of aryl methyl sites for hydroxylation is 1. The Kier molecular flexibility index (Phi) is 3.95. The molecule has 2 aliphatic carbocycles. The Morgan fingerprint density at radius 3 is 2.38 bits per heavy atom. The highest BCUT2D eigenvalue weighted by Crippen LogP contribution is 2.43. The molecule has 2 saturated carbocycles. The van der Waals surface area contributed by atoms with Gasteiger partial charge in [-0.25, -0.2) is 0 Å². The lowest BCUT2D eigenvalue weighted by molar-refractivity contribution is -0.150. The molecule has 130 valence electrons. The molecule has 1 aliphatic heterocycles. The lowest BCUT2D eigenvalue weighted by Crippen LogP contribution is -2.51. The highest BCUT2D eigenvalue weighted by Gasteiger charge is 2.44. The van der Waals surface area contributed by atoms with E-state index in [2.05, 4.69) is 25.1 Å². The predicted molar refractivity (Wildman–Crippen MR) is 95.1 cm³/mol. The van der Waals surface area contributed by atoms with Crippen molar-refractivity contribution >= 4 is 5.91 Å². The van der Waals surface area contributed by atoms with Crippen molar-refractivity contribution in [3.63, 3.8) is 0 Å². The Morgan fingerprint density at radius 2 is 1.79 bits per heavy atom. The van der Waals surface area contributed by atoms with E-state index in [4.69, 9.17) is 0 Å². The maximum atomic E-state index is 12.5. The normalized spacial score (nSPS) is 31.0. The number of carbonyl (C=O) groups is 1. The second-order valence-corrected chi connectivity index (χ2v) is 8.59. The topological polar surface area (TPSA) is 40.5 Å². The minimum absolute atomic E-state index is 0.0531. The fourth-order valence-electron chi connectivity index (χ4n) is 4.61. The first-order chi connectivity index (χ1) is 11.4. The molecule has 4 rings (SSSR count). The van der Waals surface area contributed by atoms with Gasteiger partial charge in [0.15, 0.2) is 0 Å². The summed E-state index contributed by atoms with van der Waals surface area (Å²) in [5.41, 5.74) is 3.86. The molecule has 3 fully saturated rings. The summed E-state index contributed by atoms with van der Waals surface area (Å²) >= 11 is 0. The second-order valence-electron chi connectivity index (χ2n) is 8.59. The van der Waals surface area contributed by atoms with Crippen LogP contribution in [-0.2, 0) is 4.79 Å². The van der Waals surface area contributed by atoms with Crippen LogP contribution in [0.4, 0.5) is 0 Å². The zero-order valence-electron chi connectivity index (χ0n) is 14.9. The first-order valence-electron chi connectivity index (χ1n) is 9.54. The molecule has 0 unspecified atom stereocenters. The average Bonchev–Trinajstić information content (AvgIpc) is 3.37. The molecule has 0 spiro atoms. The summed E-state index contributed by atoms with van der Waals surface area (Å²) in [5, 5.41) is 9.85. The van der Waals surface area contributed by atoms with Crippen LogP contribution < -0.4 is 0 Å². The number of hydrogen-bond donors (Lipinski definition) is 1. The first-order valence-corrected chi connectivity index (χ1v) is 9.54.